The maximum atomic E-state index is 12.7. The number of hydrogen-bond acceptors (Lipinski definition) is 4. The molecular weight excluding hydrogens is 444 g/mol. The van der Waals surface area contributed by atoms with Crippen LogP contribution in [0.3, 0.4) is 0 Å². The van der Waals surface area contributed by atoms with Gasteiger partial charge >= 0.3 is 0 Å². The van der Waals surface area contributed by atoms with Gasteiger partial charge in [0.15, 0.2) is 0 Å². The Balaban J connectivity index is 1.07. The van der Waals surface area contributed by atoms with E-state index in [1.54, 1.807) is 0 Å². The minimum absolute atomic E-state index is 0.000394. The van der Waals surface area contributed by atoms with Crippen molar-refractivity contribution in [3.05, 3.63) is 108 Å². The van der Waals surface area contributed by atoms with Crippen LogP contribution in [0, 0.1) is 5.92 Å². The molecule has 5 heteroatoms. The number of anilines is 2. The Bertz CT molecular complexity index is 1180. The summed E-state index contributed by atoms with van der Waals surface area (Å²) in [7, 11) is 0. The van der Waals surface area contributed by atoms with E-state index in [2.05, 4.69) is 92.9 Å². The van der Waals surface area contributed by atoms with Crippen LogP contribution in [0.4, 0.5) is 11.4 Å². The molecule has 0 aliphatic carbocycles. The summed E-state index contributed by atoms with van der Waals surface area (Å²) in [4.78, 5) is 19.9. The molecule has 1 saturated heterocycles. The van der Waals surface area contributed by atoms with Crippen LogP contribution in [-0.2, 0) is 4.79 Å². The van der Waals surface area contributed by atoms with Crippen molar-refractivity contribution >= 4 is 17.3 Å². The Morgan fingerprint density at radius 3 is 2.11 bits per heavy atom. The lowest BCUT2D eigenvalue weighted by Crippen LogP contribution is -2.45. The number of fused-ring (bicyclic) bond motifs is 3. The molecule has 1 amide bonds. The SMILES string of the molecule is O=C1Nc2ccccc2N2CCN(CCC3CCN(C(c4ccccc4)c4ccccc4)CC3)C=C12. The van der Waals surface area contributed by atoms with E-state index in [0.717, 1.165) is 55.7 Å². The Morgan fingerprint density at radius 2 is 1.42 bits per heavy atom. The Hall–Kier alpha value is -3.57. The zero-order valence-electron chi connectivity index (χ0n) is 20.7. The zero-order valence-corrected chi connectivity index (χ0v) is 20.7. The molecule has 36 heavy (non-hydrogen) atoms. The van der Waals surface area contributed by atoms with Crippen molar-refractivity contribution in [3.63, 3.8) is 0 Å². The van der Waals surface area contributed by atoms with E-state index in [9.17, 15) is 4.79 Å². The standard InChI is InChI=1S/C31H34N4O/c36-31-29-23-33(21-22-35(29)28-14-8-7-13-27(28)32-31)18-15-24-16-19-34(20-17-24)30(25-9-3-1-4-10-25)26-11-5-2-6-12-26/h1-14,23-24,30H,15-22H2,(H,32,36). The van der Waals surface area contributed by atoms with Gasteiger partial charge in [-0.25, -0.2) is 0 Å². The van der Waals surface area contributed by atoms with Gasteiger partial charge in [0.1, 0.15) is 5.70 Å². The van der Waals surface area contributed by atoms with Crippen molar-refractivity contribution in [1.82, 2.24) is 9.80 Å². The largest absolute Gasteiger partial charge is 0.374 e. The molecule has 0 unspecified atom stereocenters. The van der Waals surface area contributed by atoms with Crippen LogP contribution >= 0.6 is 0 Å². The number of nitrogens with zero attached hydrogens (tertiary/aromatic N) is 3. The fourth-order valence-corrected chi connectivity index (χ4v) is 6.00. The highest BCUT2D eigenvalue weighted by Gasteiger charge is 2.31. The van der Waals surface area contributed by atoms with Crippen molar-refractivity contribution in [2.45, 2.75) is 25.3 Å². The third kappa shape index (κ3) is 4.63. The molecule has 6 rings (SSSR count). The summed E-state index contributed by atoms with van der Waals surface area (Å²) in [6.07, 6.45) is 5.70. The van der Waals surface area contributed by atoms with E-state index in [1.807, 2.05) is 18.2 Å². The van der Waals surface area contributed by atoms with Gasteiger partial charge in [-0.3, -0.25) is 9.69 Å². The van der Waals surface area contributed by atoms with Crippen LogP contribution in [0.1, 0.15) is 36.4 Å². The molecule has 3 aromatic rings. The van der Waals surface area contributed by atoms with Crippen molar-refractivity contribution in [2.24, 2.45) is 5.92 Å². The fourth-order valence-electron chi connectivity index (χ4n) is 6.00. The number of piperidine rings is 1. The summed E-state index contributed by atoms with van der Waals surface area (Å²) >= 11 is 0. The Kier molecular flexibility index (Phi) is 6.48. The second kappa shape index (κ2) is 10.2. The number of carbonyl (C=O) groups excluding carboxylic acids is 1. The van der Waals surface area contributed by atoms with Crippen molar-refractivity contribution in [1.29, 1.82) is 0 Å². The first-order chi connectivity index (χ1) is 17.8. The second-order valence-corrected chi connectivity index (χ2v) is 10.2. The average Bonchev–Trinajstić information content (AvgIpc) is 2.94. The van der Waals surface area contributed by atoms with Crippen LogP contribution in [-0.4, -0.2) is 48.4 Å². The van der Waals surface area contributed by atoms with E-state index >= 15 is 0 Å². The molecule has 1 fully saturated rings. The molecule has 1 N–H and O–H groups in total. The van der Waals surface area contributed by atoms with E-state index in [-0.39, 0.29) is 5.91 Å². The molecular formula is C31H34N4O. The second-order valence-electron chi connectivity index (χ2n) is 10.2. The highest BCUT2D eigenvalue weighted by atomic mass is 16.2. The third-order valence-corrected chi connectivity index (χ3v) is 7.95. The molecule has 5 nitrogen and oxygen atoms in total. The van der Waals surface area contributed by atoms with E-state index in [0.29, 0.717) is 6.04 Å². The van der Waals surface area contributed by atoms with E-state index < -0.39 is 0 Å². The molecule has 0 bridgehead atoms. The molecule has 0 aromatic heterocycles. The van der Waals surface area contributed by atoms with Gasteiger partial charge in [0.2, 0.25) is 0 Å². The van der Waals surface area contributed by atoms with Crippen LogP contribution in [0.5, 0.6) is 0 Å². The molecule has 3 aromatic carbocycles. The number of hydrogen-bond donors (Lipinski definition) is 1. The number of benzene rings is 3. The number of likely N-dealkylation sites (tertiary alicyclic amines) is 1. The van der Waals surface area contributed by atoms with Gasteiger partial charge in [0.05, 0.1) is 17.4 Å². The fraction of sp³-hybridized carbons (Fsp3) is 0.323. The zero-order chi connectivity index (χ0) is 24.3. The van der Waals surface area contributed by atoms with Gasteiger partial charge in [0, 0.05) is 25.8 Å². The Morgan fingerprint density at radius 1 is 0.778 bits per heavy atom. The molecule has 0 saturated carbocycles. The molecule has 3 heterocycles. The number of nitrogens with one attached hydrogen (secondary N) is 1. The highest BCUT2D eigenvalue weighted by molar-refractivity contribution is 6.11. The number of amides is 1. The predicted molar refractivity (Wildman–Crippen MR) is 146 cm³/mol. The summed E-state index contributed by atoms with van der Waals surface area (Å²) in [6.45, 7) is 5.05. The van der Waals surface area contributed by atoms with Crippen LogP contribution in [0.25, 0.3) is 0 Å². The molecule has 184 valence electrons. The summed E-state index contributed by atoms with van der Waals surface area (Å²) in [6, 6.07) is 30.2. The van der Waals surface area contributed by atoms with Gasteiger partial charge in [-0.15, -0.1) is 0 Å². The van der Waals surface area contributed by atoms with Crippen LogP contribution in [0.15, 0.2) is 96.8 Å². The minimum atomic E-state index is -0.000394. The summed E-state index contributed by atoms with van der Waals surface area (Å²) in [5, 5.41) is 3.05. The molecule has 3 aliphatic heterocycles. The van der Waals surface area contributed by atoms with Crippen molar-refractivity contribution in [3.8, 4) is 0 Å². The monoisotopic (exact) mass is 478 g/mol. The lowest BCUT2D eigenvalue weighted by atomic mass is 9.89. The highest BCUT2D eigenvalue weighted by Crippen LogP contribution is 2.36. The molecule has 3 aliphatic rings. The van der Waals surface area contributed by atoms with Crippen molar-refractivity contribution < 1.29 is 4.79 Å². The molecule has 0 spiro atoms. The maximum Gasteiger partial charge on any atom is 0.273 e. The first-order valence-electron chi connectivity index (χ1n) is 13.2. The smallest absolute Gasteiger partial charge is 0.273 e. The third-order valence-electron chi connectivity index (χ3n) is 7.95. The van der Waals surface area contributed by atoms with Crippen LogP contribution in [0.2, 0.25) is 0 Å². The first kappa shape index (κ1) is 22.9. The van der Waals surface area contributed by atoms with Crippen molar-refractivity contribution in [2.75, 3.05) is 42.9 Å². The topological polar surface area (TPSA) is 38.8 Å². The van der Waals surface area contributed by atoms with Gasteiger partial charge in [0.25, 0.3) is 5.91 Å². The predicted octanol–water partition coefficient (Wildman–Crippen LogP) is 5.49. The van der Waals surface area contributed by atoms with E-state index in [4.69, 9.17) is 0 Å². The quantitative estimate of drug-likeness (QED) is 0.508. The molecule has 0 atom stereocenters. The lowest BCUT2D eigenvalue weighted by Gasteiger charge is -2.40. The van der Waals surface area contributed by atoms with Gasteiger partial charge < -0.3 is 15.1 Å². The summed E-state index contributed by atoms with van der Waals surface area (Å²) < 4.78 is 0. The molecule has 0 radical (unpaired) electrons. The normalized spacial score (nSPS) is 18.5. The number of para-hydroxylation sites is 2. The Labute approximate surface area is 214 Å². The number of rotatable bonds is 6. The first-order valence-corrected chi connectivity index (χ1v) is 13.2. The van der Waals surface area contributed by atoms with Crippen LogP contribution < -0.4 is 10.2 Å². The number of carbonyl (C=O) groups is 1. The van der Waals surface area contributed by atoms with Gasteiger partial charge in [-0.05, 0) is 61.5 Å². The van der Waals surface area contributed by atoms with E-state index in [1.165, 1.54) is 30.4 Å². The lowest BCUT2D eigenvalue weighted by molar-refractivity contribution is -0.113. The summed E-state index contributed by atoms with van der Waals surface area (Å²) in [5.74, 6) is 0.727. The average molecular weight is 479 g/mol. The van der Waals surface area contributed by atoms with Gasteiger partial charge in [-0.1, -0.05) is 72.8 Å². The van der Waals surface area contributed by atoms with Gasteiger partial charge in [-0.2, -0.15) is 0 Å². The summed E-state index contributed by atoms with van der Waals surface area (Å²) in [5.41, 5.74) is 5.52. The maximum absolute atomic E-state index is 12.7. The minimum Gasteiger partial charge on any atom is -0.374 e.